The molecule has 3 rings (SSSR count). The summed E-state index contributed by atoms with van der Waals surface area (Å²) >= 11 is 6.05. The second-order valence-electron chi connectivity index (χ2n) is 9.49. The van der Waals surface area contributed by atoms with Crippen molar-refractivity contribution in [1.29, 1.82) is 0 Å². The average Bonchev–Trinajstić information content (AvgIpc) is 2.93. The lowest BCUT2D eigenvalue weighted by Gasteiger charge is -2.32. The van der Waals surface area contributed by atoms with E-state index in [9.17, 15) is 18.0 Å². The van der Waals surface area contributed by atoms with E-state index < -0.39 is 28.5 Å². The van der Waals surface area contributed by atoms with Gasteiger partial charge < -0.3 is 15.0 Å². The number of nitrogens with zero attached hydrogens (tertiary/aromatic N) is 2. The van der Waals surface area contributed by atoms with Crippen LogP contribution in [0.15, 0.2) is 83.8 Å². The van der Waals surface area contributed by atoms with E-state index in [1.54, 1.807) is 74.7 Å². The molecule has 3 aromatic rings. The van der Waals surface area contributed by atoms with E-state index in [0.29, 0.717) is 17.3 Å². The number of anilines is 1. The van der Waals surface area contributed by atoms with Crippen molar-refractivity contribution in [2.75, 3.05) is 24.5 Å². The molecular formula is C29H34ClN3O5S. The van der Waals surface area contributed by atoms with Crippen LogP contribution in [-0.4, -0.2) is 51.4 Å². The van der Waals surface area contributed by atoms with Gasteiger partial charge in [0.25, 0.3) is 10.0 Å². The SMILES string of the molecule is COc1cccc(CN(C(=O)CN(c2ccc(Cl)cc2)S(=O)(=O)c2ccccc2)[C@H](C)C(=O)NCC(C)C)c1. The lowest BCUT2D eigenvalue weighted by Crippen LogP contribution is -2.51. The van der Waals surface area contributed by atoms with Crippen molar-refractivity contribution in [2.45, 2.75) is 38.3 Å². The molecule has 0 unspecified atom stereocenters. The molecule has 0 aliphatic rings. The molecule has 1 atom stereocenters. The summed E-state index contributed by atoms with van der Waals surface area (Å²) in [6.45, 7) is 5.58. The normalized spacial score (nSPS) is 12.1. The number of hydrogen-bond acceptors (Lipinski definition) is 5. The van der Waals surface area contributed by atoms with Crippen LogP contribution in [0, 0.1) is 5.92 Å². The third-order valence-corrected chi connectivity index (χ3v) is 8.10. The van der Waals surface area contributed by atoms with Crippen molar-refractivity contribution < 1.29 is 22.7 Å². The minimum Gasteiger partial charge on any atom is -0.497 e. The summed E-state index contributed by atoms with van der Waals surface area (Å²) in [6, 6.07) is 20.4. The van der Waals surface area contributed by atoms with Crippen LogP contribution >= 0.6 is 11.6 Å². The Morgan fingerprint density at radius 1 is 0.949 bits per heavy atom. The highest BCUT2D eigenvalue weighted by Gasteiger charge is 2.32. The number of hydrogen-bond donors (Lipinski definition) is 1. The van der Waals surface area contributed by atoms with Crippen molar-refractivity contribution in [3.8, 4) is 5.75 Å². The third kappa shape index (κ3) is 7.97. The van der Waals surface area contributed by atoms with Gasteiger partial charge in [0.15, 0.2) is 0 Å². The predicted molar refractivity (Wildman–Crippen MR) is 153 cm³/mol. The maximum atomic E-state index is 13.9. The summed E-state index contributed by atoms with van der Waals surface area (Å²) in [5, 5.41) is 3.30. The topological polar surface area (TPSA) is 96.0 Å². The fraction of sp³-hybridized carbons (Fsp3) is 0.310. The van der Waals surface area contributed by atoms with Crippen LogP contribution in [0.1, 0.15) is 26.3 Å². The van der Waals surface area contributed by atoms with Crippen molar-refractivity contribution in [2.24, 2.45) is 5.92 Å². The molecule has 0 fully saturated rings. The van der Waals surface area contributed by atoms with E-state index in [1.807, 2.05) is 19.9 Å². The number of halogens is 1. The van der Waals surface area contributed by atoms with Crippen LogP contribution in [0.5, 0.6) is 5.75 Å². The minimum atomic E-state index is -4.12. The summed E-state index contributed by atoms with van der Waals surface area (Å²) in [6.07, 6.45) is 0. The van der Waals surface area contributed by atoms with Gasteiger partial charge in [-0.2, -0.15) is 0 Å². The average molecular weight is 572 g/mol. The molecule has 0 radical (unpaired) electrons. The Labute approximate surface area is 235 Å². The van der Waals surface area contributed by atoms with Crippen LogP contribution in [0.2, 0.25) is 5.02 Å². The zero-order valence-electron chi connectivity index (χ0n) is 22.5. The third-order valence-electron chi connectivity index (χ3n) is 6.06. The highest BCUT2D eigenvalue weighted by molar-refractivity contribution is 7.92. The molecule has 0 heterocycles. The highest BCUT2D eigenvalue weighted by Crippen LogP contribution is 2.26. The van der Waals surface area contributed by atoms with Crippen molar-refractivity contribution >= 4 is 39.1 Å². The molecule has 0 spiro atoms. The largest absolute Gasteiger partial charge is 0.497 e. The number of rotatable bonds is 12. The standard InChI is InChI=1S/C29H34ClN3O5S/c1-21(2)18-31-29(35)22(3)32(19-23-9-8-10-26(17-23)38-4)28(34)20-33(25-15-13-24(30)14-16-25)39(36,37)27-11-6-5-7-12-27/h5-17,21-22H,18-20H2,1-4H3,(H,31,35)/t22-/m1/s1. The smallest absolute Gasteiger partial charge is 0.264 e. The number of carbonyl (C=O) groups excluding carboxylic acids is 2. The number of carbonyl (C=O) groups is 2. The van der Waals surface area contributed by atoms with Gasteiger partial charge in [-0.25, -0.2) is 8.42 Å². The van der Waals surface area contributed by atoms with Crippen LogP contribution in [0.25, 0.3) is 0 Å². The van der Waals surface area contributed by atoms with Gasteiger partial charge in [0.1, 0.15) is 18.3 Å². The Balaban J connectivity index is 2.00. The number of sulfonamides is 1. The summed E-state index contributed by atoms with van der Waals surface area (Å²) in [7, 11) is -2.58. The molecule has 39 heavy (non-hydrogen) atoms. The lowest BCUT2D eigenvalue weighted by atomic mass is 10.1. The Kier molecular flexibility index (Phi) is 10.4. The first-order valence-electron chi connectivity index (χ1n) is 12.6. The molecule has 8 nitrogen and oxygen atoms in total. The molecule has 3 aromatic carbocycles. The molecule has 208 valence electrons. The Morgan fingerprint density at radius 3 is 2.23 bits per heavy atom. The van der Waals surface area contributed by atoms with E-state index in [1.165, 1.54) is 17.0 Å². The van der Waals surface area contributed by atoms with E-state index in [0.717, 1.165) is 9.87 Å². The first-order valence-corrected chi connectivity index (χ1v) is 14.4. The van der Waals surface area contributed by atoms with Crippen LogP contribution in [-0.2, 0) is 26.2 Å². The van der Waals surface area contributed by atoms with Gasteiger partial charge in [0.2, 0.25) is 11.8 Å². The molecule has 1 N–H and O–H groups in total. The summed E-state index contributed by atoms with van der Waals surface area (Å²) in [4.78, 5) is 28.4. The van der Waals surface area contributed by atoms with Crippen LogP contribution < -0.4 is 14.4 Å². The zero-order chi connectivity index (χ0) is 28.6. The number of nitrogens with one attached hydrogen (secondary N) is 1. The van der Waals surface area contributed by atoms with Crippen molar-refractivity contribution in [3.63, 3.8) is 0 Å². The number of ether oxygens (including phenoxy) is 1. The molecule has 0 bridgehead atoms. The summed E-state index contributed by atoms with van der Waals surface area (Å²) in [5.41, 5.74) is 1.00. The van der Waals surface area contributed by atoms with Crippen LogP contribution in [0.3, 0.4) is 0 Å². The first-order chi connectivity index (χ1) is 18.5. The van der Waals surface area contributed by atoms with Gasteiger partial charge in [-0.15, -0.1) is 0 Å². The maximum absolute atomic E-state index is 13.9. The van der Waals surface area contributed by atoms with Crippen molar-refractivity contribution in [3.05, 3.63) is 89.4 Å². The maximum Gasteiger partial charge on any atom is 0.264 e. The van der Waals surface area contributed by atoms with E-state index >= 15 is 0 Å². The molecule has 0 saturated heterocycles. The van der Waals surface area contributed by atoms with Gasteiger partial charge in [-0.3, -0.25) is 13.9 Å². The van der Waals surface area contributed by atoms with E-state index in [2.05, 4.69) is 5.32 Å². The van der Waals surface area contributed by atoms with Gasteiger partial charge in [0.05, 0.1) is 17.7 Å². The number of benzene rings is 3. The fourth-order valence-electron chi connectivity index (χ4n) is 3.86. The molecule has 0 aliphatic carbocycles. The quantitative estimate of drug-likeness (QED) is 0.339. The van der Waals surface area contributed by atoms with Gasteiger partial charge in [-0.05, 0) is 66.9 Å². The zero-order valence-corrected chi connectivity index (χ0v) is 24.1. The lowest BCUT2D eigenvalue weighted by molar-refractivity contribution is -0.139. The molecular weight excluding hydrogens is 538 g/mol. The van der Waals surface area contributed by atoms with Gasteiger partial charge >= 0.3 is 0 Å². The molecule has 2 amide bonds. The highest BCUT2D eigenvalue weighted by atomic mass is 35.5. The van der Waals surface area contributed by atoms with Crippen LogP contribution in [0.4, 0.5) is 5.69 Å². The minimum absolute atomic E-state index is 0.0369. The first kappa shape index (κ1) is 30.0. The van der Waals surface area contributed by atoms with Gasteiger partial charge in [-0.1, -0.05) is 55.8 Å². The monoisotopic (exact) mass is 571 g/mol. The van der Waals surface area contributed by atoms with E-state index in [4.69, 9.17) is 16.3 Å². The fourth-order valence-corrected chi connectivity index (χ4v) is 5.42. The Hall–Kier alpha value is -3.56. The number of methoxy groups -OCH3 is 1. The molecule has 0 aliphatic heterocycles. The summed E-state index contributed by atoms with van der Waals surface area (Å²) in [5.74, 6) is -0.0465. The molecule has 0 aromatic heterocycles. The number of amides is 2. The van der Waals surface area contributed by atoms with Gasteiger partial charge in [0, 0.05) is 18.1 Å². The second kappa shape index (κ2) is 13.5. The molecule has 0 saturated carbocycles. The molecule has 10 heteroatoms. The second-order valence-corrected chi connectivity index (χ2v) is 11.8. The Bertz CT molecular complexity index is 1370. The van der Waals surface area contributed by atoms with Crippen molar-refractivity contribution in [1.82, 2.24) is 10.2 Å². The Morgan fingerprint density at radius 2 is 1.62 bits per heavy atom. The summed E-state index contributed by atoms with van der Waals surface area (Å²) < 4.78 is 33.8. The predicted octanol–water partition coefficient (Wildman–Crippen LogP) is 4.73. The van der Waals surface area contributed by atoms with E-state index in [-0.39, 0.29) is 29.0 Å².